The van der Waals surface area contributed by atoms with Gasteiger partial charge in [-0.05, 0) is 0 Å². The van der Waals surface area contributed by atoms with E-state index in [4.69, 9.17) is 15.3 Å². The first-order valence-electron chi connectivity index (χ1n) is 3.46. The Kier molecular flexibility index (Phi) is 3.68. The van der Waals surface area contributed by atoms with Crippen LogP contribution in [0.25, 0.3) is 0 Å². The van der Waals surface area contributed by atoms with Crippen LogP contribution in [0.5, 0.6) is 0 Å². The highest BCUT2D eigenvalue weighted by molar-refractivity contribution is 6.31. The maximum absolute atomic E-state index is 11.6. The lowest BCUT2D eigenvalue weighted by Gasteiger charge is -2.18. The van der Waals surface area contributed by atoms with Crippen molar-refractivity contribution in [2.45, 2.75) is 6.36 Å². The molecule has 0 aliphatic carbocycles. The molecule has 0 aromatic rings. The molecule has 0 amide bonds. The van der Waals surface area contributed by atoms with Gasteiger partial charge in [-0.1, -0.05) is 0 Å². The van der Waals surface area contributed by atoms with E-state index in [0.717, 1.165) is 0 Å². The van der Waals surface area contributed by atoms with Crippen molar-refractivity contribution in [2.75, 3.05) is 0 Å². The van der Waals surface area contributed by atoms with E-state index in [1.54, 1.807) is 0 Å². The van der Waals surface area contributed by atoms with E-state index in [2.05, 4.69) is 4.74 Å². The number of halogens is 3. The number of carbonyl (C=O) groups is 4. The summed E-state index contributed by atoms with van der Waals surface area (Å²) in [7, 11) is 0. The van der Waals surface area contributed by atoms with Crippen molar-refractivity contribution in [3.8, 4) is 0 Å². The Morgan fingerprint density at radius 1 is 0.824 bits per heavy atom. The number of carbonyl (C=O) groups excluding carboxylic acids is 1. The zero-order chi connectivity index (χ0) is 14.0. The summed E-state index contributed by atoms with van der Waals surface area (Å²) in [5.74, 6) is -11.4. The van der Waals surface area contributed by atoms with Gasteiger partial charge >= 0.3 is 35.7 Å². The molecule has 0 spiro atoms. The average molecular weight is 260 g/mol. The lowest BCUT2D eigenvalue weighted by Crippen LogP contribution is -2.54. The summed E-state index contributed by atoms with van der Waals surface area (Å²) >= 11 is 0. The van der Waals surface area contributed by atoms with Crippen LogP contribution < -0.4 is 0 Å². The van der Waals surface area contributed by atoms with Crippen molar-refractivity contribution in [3.05, 3.63) is 0 Å². The molecule has 0 bridgehead atoms. The molecular formula is C6H3F3O8. The van der Waals surface area contributed by atoms with Crippen LogP contribution in [0.15, 0.2) is 0 Å². The number of esters is 1. The molecule has 0 heterocycles. The fourth-order valence-corrected chi connectivity index (χ4v) is 0.718. The number of aliphatic carboxylic acids is 3. The molecule has 0 radical (unpaired) electrons. The fourth-order valence-electron chi connectivity index (χ4n) is 0.718. The summed E-state index contributed by atoms with van der Waals surface area (Å²) in [5, 5.41) is 24.9. The van der Waals surface area contributed by atoms with Crippen LogP contribution in [0.3, 0.4) is 0 Å². The molecule has 0 unspecified atom stereocenters. The van der Waals surface area contributed by atoms with E-state index in [1.807, 2.05) is 0 Å². The number of ether oxygens (including phenoxy) is 1. The third kappa shape index (κ3) is 2.62. The van der Waals surface area contributed by atoms with Gasteiger partial charge in [0.25, 0.3) is 0 Å². The Bertz CT molecular complexity index is 347. The maximum atomic E-state index is 11.6. The van der Waals surface area contributed by atoms with Gasteiger partial charge in [-0.2, -0.15) is 0 Å². The molecule has 0 saturated heterocycles. The number of carboxylic acids is 3. The van der Waals surface area contributed by atoms with E-state index in [1.165, 1.54) is 0 Å². The minimum absolute atomic E-state index is 2.51. The van der Waals surface area contributed by atoms with Crippen molar-refractivity contribution in [3.63, 3.8) is 0 Å². The second-order valence-corrected chi connectivity index (χ2v) is 2.50. The van der Waals surface area contributed by atoms with E-state index in [9.17, 15) is 32.3 Å². The van der Waals surface area contributed by atoms with Crippen LogP contribution in [-0.2, 0) is 23.9 Å². The molecular weight excluding hydrogens is 257 g/mol. The molecule has 0 aliphatic rings. The normalized spacial score (nSPS) is 11.7. The summed E-state index contributed by atoms with van der Waals surface area (Å²) in [6, 6.07) is 0. The zero-order valence-electron chi connectivity index (χ0n) is 7.52. The number of rotatable bonds is 4. The van der Waals surface area contributed by atoms with Crippen molar-refractivity contribution in [1.82, 2.24) is 0 Å². The van der Waals surface area contributed by atoms with Gasteiger partial charge in [0.05, 0.1) is 0 Å². The number of hydrogen-bond acceptors (Lipinski definition) is 5. The van der Waals surface area contributed by atoms with Crippen molar-refractivity contribution in [2.24, 2.45) is 5.41 Å². The van der Waals surface area contributed by atoms with Gasteiger partial charge in [0.1, 0.15) is 0 Å². The molecule has 0 fully saturated rings. The zero-order valence-corrected chi connectivity index (χ0v) is 7.52. The summed E-state index contributed by atoms with van der Waals surface area (Å²) in [5.41, 5.74) is -4.37. The predicted molar refractivity (Wildman–Crippen MR) is 37.5 cm³/mol. The molecule has 0 rings (SSSR count). The van der Waals surface area contributed by atoms with Gasteiger partial charge in [-0.25, -0.2) is 19.2 Å². The highest BCUT2D eigenvalue weighted by Gasteiger charge is 2.65. The maximum Gasteiger partial charge on any atom is 0.575 e. The van der Waals surface area contributed by atoms with Crippen LogP contribution in [0.1, 0.15) is 0 Å². The van der Waals surface area contributed by atoms with Gasteiger partial charge in [0.2, 0.25) is 0 Å². The Morgan fingerprint density at radius 2 is 1.12 bits per heavy atom. The summed E-state index contributed by atoms with van der Waals surface area (Å²) < 4.78 is 37.3. The smallest absolute Gasteiger partial charge is 0.480 e. The van der Waals surface area contributed by atoms with Gasteiger partial charge in [-0.15, -0.1) is 13.2 Å². The molecule has 0 aliphatic heterocycles. The standard InChI is InChI=1S/C6H3F3O8/c7-6(8,9)17-4(16)5(1(10)11,2(12)13)3(14)15/h(H,10,11)(H,12,13)(H,14,15). The summed E-state index contributed by atoms with van der Waals surface area (Å²) in [6.07, 6.45) is -5.71. The summed E-state index contributed by atoms with van der Waals surface area (Å²) in [4.78, 5) is 41.9. The first-order chi connectivity index (χ1) is 7.46. The lowest BCUT2D eigenvalue weighted by molar-refractivity contribution is -0.309. The molecule has 11 heteroatoms. The van der Waals surface area contributed by atoms with E-state index < -0.39 is 35.7 Å². The van der Waals surface area contributed by atoms with Gasteiger partial charge < -0.3 is 20.1 Å². The van der Waals surface area contributed by atoms with Crippen molar-refractivity contribution in [1.29, 1.82) is 0 Å². The molecule has 0 atom stereocenters. The molecule has 0 aromatic heterocycles. The van der Waals surface area contributed by atoms with E-state index in [0.29, 0.717) is 0 Å². The Morgan fingerprint density at radius 3 is 1.29 bits per heavy atom. The highest BCUT2D eigenvalue weighted by atomic mass is 19.4. The predicted octanol–water partition coefficient (Wildman–Crippen LogP) is -0.710. The third-order valence-corrected chi connectivity index (χ3v) is 1.48. The minimum atomic E-state index is -5.71. The lowest BCUT2D eigenvalue weighted by atomic mass is 9.88. The second kappa shape index (κ2) is 4.27. The Hall–Kier alpha value is -2.33. The number of carboxylic acid groups (broad SMARTS) is 3. The molecule has 3 N–H and O–H groups in total. The molecule has 96 valence electrons. The number of alkyl halides is 3. The summed E-state index contributed by atoms with van der Waals surface area (Å²) in [6.45, 7) is 0. The van der Waals surface area contributed by atoms with Crippen LogP contribution in [0, 0.1) is 5.41 Å². The SMILES string of the molecule is O=C(O)C(C(=O)O)(C(=O)O)C(=O)OC(F)(F)F. The second-order valence-electron chi connectivity index (χ2n) is 2.50. The van der Waals surface area contributed by atoms with Crippen molar-refractivity contribution < 1.29 is 52.4 Å². The van der Waals surface area contributed by atoms with E-state index in [-0.39, 0.29) is 0 Å². The molecule has 0 saturated carbocycles. The van der Waals surface area contributed by atoms with E-state index >= 15 is 0 Å². The number of hydrogen-bond donors (Lipinski definition) is 3. The van der Waals surface area contributed by atoms with Crippen LogP contribution in [0.2, 0.25) is 0 Å². The largest absolute Gasteiger partial charge is 0.575 e. The minimum Gasteiger partial charge on any atom is -0.480 e. The average Bonchev–Trinajstić information content (AvgIpc) is 1.97. The monoisotopic (exact) mass is 260 g/mol. The molecule has 17 heavy (non-hydrogen) atoms. The van der Waals surface area contributed by atoms with Crippen molar-refractivity contribution >= 4 is 23.9 Å². The fraction of sp³-hybridized carbons (Fsp3) is 0.333. The quantitative estimate of drug-likeness (QED) is 0.445. The van der Waals surface area contributed by atoms with Crippen LogP contribution in [-0.4, -0.2) is 45.6 Å². The highest BCUT2D eigenvalue weighted by Crippen LogP contribution is 2.26. The molecule has 8 nitrogen and oxygen atoms in total. The first-order valence-corrected chi connectivity index (χ1v) is 3.46. The van der Waals surface area contributed by atoms with Gasteiger partial charge in [0.15, 0.2) is 0 Å². The topological polar surface area (TPSA) is 138 Å². The van der Waals surface area contributed by atoms with Gasteiger partial charge in [-0.3, -0.25) is 0 Å². The Labute approximate surface area is 89.2 Å². The van der Waals surface area contributed by atoms with Crippen LogP contribution >= 0.6 is 0 Å². The first kappa shape index (κ1) is 14.7. The Balaban J connectivity index is 5.64. The molecule has 0 aromatic carbocycles. The van der Waals surface area contributed by atoms with Gasteiger partial charge in [0, 0.05) is 0 Å². The van der Waals surface area contributed by atoms with Crippen LogP contribution in [0.4, 0.5) is 13.2 Å². The third-order valence-electron chi connectivity index (χ3n) is 1.48.